The highest BCUT2D eigenvalue weighted by molar-refractivity contribution is 7.89. The molecule has 1 aromatic heterocycles. The molecule has 0 atom stereocenters. The summed E-state index contributed by atoms with van der Waals surface area (Å²) in [6.45, 7) is 2.95. The molecule has 9 nitrogen and oxygen atoms in total. The monoisotopic (exact) mass is 355 g/mol. The minimum absolute atomic E-state index is 0.116. The van der Waals surface area contributed by atoms with Crippen LogP contribution in [0.3, 0.4) is 0 Å². The first-order chi connectivity index (χ1) is 11.3. The molecule has 0 aliphatic heterocycles. The van der Waals surface area contributed by atoms with Gasteiger partial charge in [0.05, 0.1) is 14.2 Å². The number of hydrazine groups is 1. The van der Waals surface area contributed by atoms with Crippen molar-refractivity contribution in [1.29, 1.82) is 0 Å². The molecule has 2 aromatic rings. The number of carbonyl (C=O) groups excluding carboxylic acids is 1. The van der Waals surface area contributed by atoms with Crippen molar-refractivity contribution >= 4 is 15.9 Å². The molecule has 0 radical (unpaired) electrons. The van der Waals surface area contributed by atoms with Gasteiger partial charge in [-0.2, -0.15) is 0 Å². The van der Waals surface area contributed by atoms with Crippen LogP contribution in [0.4, 0.5) is 0 Å². The predicted molar refractivity (Wildman–Crippen MR) is 83.3 cm³/mol. The van der Waals surface area contributed by atoms with E-state index < -0.39 is 15.9 Å². The molecule has 2 N–H and O–H groups in total. The van der Waals surface area contributed by atoms with E-state index in [1.54, 1.807) is 0 Å². The number of aryl methyl sites for hydroxylation is 2. The quantitative estimate of drug-likeness (QED) is 0.740. The minimum Gasteiger partial charge on any atom is -0.493 e. The average molecular weight is 355 g/mol. The number of carbonyl (C=O) groups is 1. The smallest absolute Gasteiger partial charge is 0.266 e. The second kappa shape index (κ2) is 6.89. The van der Waals surface area contributed by atoms with Crippen LogP contribution in [0.15, 0.2) is 27.6 Å². The normalized spacial score (nSPS) is 11.2. The Kier molecular flexibility index (Phi) is 5.10. The zero-order valence-corrected chi connectivity index (χ0v) is 14.4. The van der Waals surface area contributed by atoms with Gasteiger partial charge in [0.1, 0.15) is 10.6 Å². The predicted octanol–water partition coefficient (Wildman–Crippen LogP) is 0.932. The molecule has 1 heterocycles. The van der Waals surface area contributed by atoms with Gasteiger partial charge >= 0.3 is 0 Å². The molecule has 0 spiro atoms. The highest BCUT2D eigenvalue weighted by atomic mass is 32.2. The van der Waals surface area contributed by atoms with Gasteiger partial charge in [0.2, 0.25) is 0 Å². The SMILES string of the molecule is COc1ccc(C(=O)NNS(=O)(=O)c2c(C)noc2C)cc1OC. The summed E-state index contributed by atoms with van der Waals surface area (Å²) in [4.78, 5) is 14.0. The molecule has 24 heavy (non-hydrogen) atoms. The van der Waals surface area contributed by atoms with Crippen LogP contribution in [0.5, 0.6) is 11.5 Å². The molecular weight excluding hydrogens is 338 g/mol. The Morgan fingerprint density at radius 3 is 2.38 bits per heavy atom. The molecule has 130 valence electrons. The van der Waals surface area contributed by atoms with Crippen LogP contribution in [0.2, 0.25) is 0 Å². The second-order valence-corrected chi connectivity index (χ2v) is 6.40. The molecule has 1 aromatic carbocycles. The lowest BCUT2D eigenvalue weighted by Crippen LogP contribution is -2.41. The largest absolute Gasteiger partial charge is 0.493 e. The maximum absolute atomic E-state index is 12.2. The highest BCUT2D eigenvalue weighted by Crippen LogP contribution is 2.27. The van der Waals surface area contributed by atoms with Crippen LogP contribution in [-0.4, -0.2) is 33.7 Å². The average Bonchev–Trinajstić information content (AvgIpc) is 2.91. The Balaban J connectivity index is 2.16. The van der Waals surface area contributed by atoms with Gasteiger partial charge in [0, 0.05) is 5.56 Å². The number of ether oxygens (including phenoxy) is 2. The summed E-state index contributed by atoms with van der Waals surface area (Å²) in [6.07, 6.45) is 0. The van der Waals surface area contributed by atoms with Gasteiger partial charge in [0.15, 0.2) is 17.3 Å². The number of amides is 1. The maximum Gasteiger partial charge on any atom is 0.266 e. The van der Waals surface area contributed by atoms with Gasteiger partial charge in [-0.25, -0.2) is 8.42 Å². The van der Waals surface area contributed by atoms with Crippen molar-refractivity contribution in [3.8, 4) is 11.5 Å². The second-order valence-electron chi connectivity index (χ2n) is 4.78. The molecule has 0 aliphatic carbocycles. The van der Waals surface area contributed by atoms with Gasteiger partial charge in [-0.05, 0) is 32.0 Å². The number of hydrogen-bond acceptors (Lipinski definition) is 7. The molecule has 0 saturated carbocycles. The van der Waals surface area contributed by atoms with Crippen LogP contribution < -0.4 is 19.7 Å². The number of nitrogens with zero attached hydrogens (tertiary/aromatic N) is 1. The third-order valence-corrected chi connectivity index (χ3v) is 4.67. The lowest BCUT2D eigenvalue weighted by molar-refractivity contribution is 0.0944. The number of rotatable bonds is 6. The van der Waals surface area contributed by atoms with Crippen LogP contribution in [0.1, 0.15) is 21.8 Å². The number of methoxy groups -OCH3 is 2. The van der Waals surface area contributed by atoms with E-state index in [-0.39, 0.29) is 21.9 Å². The molecular formula is C14H17N3O6S. The lowest BCUT2D eigenvalue weighted by Gasteiger charge is -2.11. The van der Waals surface area contributed by atoms with E-state index in [1.807, 2.05) is 4.83 Å². The summed E-state index contributed by atoms with van der Waals surface area (Å²) >= 11 is 0. The number of nitrogens with one attached hydrogen (secondary N) is 2. The Hall–Kier alpha value is -2.59. The zero-order chi connectivity index (χ0) is 17.9. The topological polar surface area (TPSA) is 120 Å². The molecule has 0 aliphatic rings. The van der Waals surface area contributed by atoms with Crippen molar-refractivity contribution in [3.05, 3.63) is 35.2 Å². The van der Waals surface area contributed by atoms with Gasteiger partial charge in [0.25, 0.3) is 15.9 Å². The summed E-state index contributed by atoms with van der Waals surface area (Å²) in [7, 11) is -1.11. The Morgan fingerprint density at radius 1 is 1.17 bits per heavy atom. The number of hydrogen-bond donors (Lipinski definition) is 2. The molecule has 1 amide bonds. The zero-order valence-electron chi connectivity index (χ0n) is 13.5. The summed E-state index contributed by atoms with van der Waals surface area (Å²) < 4.78 is 39.4. The fraction of sp³-hybridized carbons (Fsp3) is 0.286. The molecule has 2 rings (SSSR count). The first-order valence-corrected chi connectivity index (χ1v) is 8.25. The van der Waals surface area contributed by atoms with Gasteiger partial charge in [-0.1, -0.05) is 5.16 Å². The Bertz CT molecular complexity index is 840. The summed E-state index contributed by atoms with van der Waals surface area (Å²) in [5, 5.41) is 3.57. The van der Waals surface area contributed by atoms with Gasteiger partial charge in [-0.3, -0.25) is 10.2 Å². The van der Waals surface area contributed by atoms with E-state index in [9.17, 15) is 13.2 Å². The van der Waals surface area contributed by atoms with Gasteiger partial charge < -0.3 is 14.0 Å². The highest BCUT2D eigenvalue weighted by Gasteiger charge is 2.25. The number of sulfonamides is 1. The Labute approximate surface area is 138 Å². The summed E-state index contributed by atoms with van der Waals surface area (Å²) in [6, 6.07) is 4.44. The van der Waals surface area contributed by atoms with Gasteiger partial charge in [-0.15, -0.1) is 4.83 Å². The van der Waals surface area contributed by atoms with E-state index in [0.717, 1.165) is 0 Å². The van der Waals surface area contributed by atoms with Crippen molar-refractivity contribution < 1.29 is 27.2 Å². The standard InChI is InChI=1S/C14H17N3O6S/c1-8-13(9(2)23-16-8)24(19,20)17-15-14(18)10-5-6-11(21-3)12(7-10)22-4/h5-7,17H,1-4H3,(H,15,18). The van der Waals surface area contributed by atoms with Crippen LogP contribution in [-0.2, 0) is 10.0 Å². The van der Waals surface area contributed by atoms with Crippen molar-refractivity contribution in [1.82, 2.24) is 15.4 Å². The number of aromatic nitrogens is 1. The van der Waals surface area contributed by atoms with Crippen LogP contribution in [0, 0.1) is 13.8 Å². The molecule has 0 saturated heterocycles. The minimum atomic E-state index is -4.00. The fourth-order valence-corrected chi connectivity index (χ4v) is 3.24. The van der Waals surface area contributed by atoms with Crippen molar-refractivity contribution in [2.45, 2.75) is 18.7 Å². The maximum atomic E-state index is 12.2. The first-order valence-electron chi connectivity index (χ1n) is 6.77. The summed E-state index contributed by atoms with van der Waals surface area (Å²) in [5.41, 5.74) is 2.51. The van der Waals surface area contributed by atoms with E-state index in [1.165, 1.54) is 46.3 Å². The molecule has 0 fully saturated rings. The van der Waals surface area contributed by atoms with E-state index >= 15 is 0 Å². The third kappa shape index (κ3) is 3.49. The van der Waals surface area contributed by atoms with Crippen LogP contribution >= 0.6 is 0 Å². The van der Waals surface area contributed by atoms with E-state index in [2.05, 4.69) is 10.6 Å². The van der Waals surface area contributed by atoms with Crippen molar-refractivity contribution in [2.24, 2.45) is 0 Å². The van der Waals surface area contributed by atoms with Crippen LogP contribution in [0.25, 0.3) is 0 Å². The fourth-order valence-electron chi connectivity index (χ4n) is 2.07. The molecule has 0 bridgehead atoms. The molecule has 0 unspecified atom stereocenters. The Morgan fingerprint density at radius 2 is 1.83 bits per heavy atom. The van der Waals surface area contributed by atoms with Crippen molar-refractivity contribution in [2.75, 3.05) is 14.2 Å². The lowest BCUT2D eigenvalue weighted by atomic mass is 10.2. The van der Waals surface area contributed by atoms with E-state index in [4.69, 9.17) is 14.0 Å². The summed E-state index contributed by atoms with van der Waals surface area (Å²) in [5.74, 6) is 0.260. The number of benzene rings is 1. The first kappa shape index (κ1) is 17.8. The van der Waals surface area contributed by atoms with Crippen molar-refractivity contribution in [3.63, 3.8) is 0 Å². The van der Waals surface area contributed by atoms with E-state index in [0.29, 0.717) is 11.5 Å². The third-order valence-electron chi connectivity index (χ3n) is 3.18. The molecule has 10 heteroatoms.